The Hall–Kier alpha value is -2.41. The van der Waals surface area contributed by atoms with Gasteiger partial charge in [0.1, 0.15) is 12.3 Å². The number of aromatic nitrogens is 3. The minimum atomic E-state index is -0.0460. The first-order valence-electron chi connectivity index (χ1n) is 9.37. The molecule has 3 heterocycles. The van der Waals surface area contributed by atoms with Gasteiger partial charge >= 0.3 is 0 Å². The van der Waals surface area contributed by atoms with Gasteiger partial charge < -0.3 is 15.4 Å². The number of amides is 1. The molecule has 136 valence electrons. The molecule has 0 spiro atoms. The highest BCUT2D eigenvalue weighted by Gasteiger charge is 2.52. The number of benzene rings is 1. The molecule has 2 aliphatic heterocycles. The molecule has 3 atom stereocenters. The minimum Gasteiger partial charge on any atom is -0.493 e. The number of carbonyl (C=O) groups excluding carboxylic acids is 1. The molecule has 7 nitrogen and oxygen atoms in total. The van der Waals surface area contributed by atoms with Gasteiger partial charge in [0.2, 0.25) is 5.91 Å². The second-order valence-corrected chi connectivity index (χ2v) is 7.62. The van der Waals surface area contributed by atoms with Crippen LogP contribution in [0.4, 0.5) is 0 Å². The summed E-state index contributed by atoms with van der Waals surface area (Å²) in [6.45, 7) is 2.85. The van der Waals surface area contributed by atoms with Gasteiger partial charge in [0, 0.05) is 30.1 Å². The van der Waals surface area contributed by atoms with Gasteiger partial charge in [-0.05, 0) is 31.4 Å². The lowest BCUT2D eigenvalue weighted by Crippen LogP contribution is -2.44. The second kappa shape index (κ2) is 6.09. The van der Waals surface area contributed by atoms with E-state index in [0.717, 1.165) is 42.9 Å². The molecule has 0 bridgehead atoms. The largest absolute Gasteiger partial charge is 0.493 e. The summed E-state index contributed by atoms with van der Waals surface area (Å²) in [5.74, 6) is 1.48. The van der Waals surface area contributed by atoms with Crippen molar-refractivity contribution in [3.8, 4) is 5.75 Å². The van der Waals surface area contributed by atoms with Crippen molar-refractivity contribution < 1.29 is 9.53 Å². The zero-order valence-electron chi connectivity index (χ0n) is 14.6. The summed E-state index contributed by atoms with van der Waals surface area (Å²) < 4.78 is 7.32. The summed E-state index contributed by atoms with van der Waals surface area (Å²) in [6, 6.07) is 7.87. The zero-order chi connectivity index (χ0) is 17.6. The molecule has 2 aromatic rings. The first-order valence-corrected chi connectivity index (χ1v) is 9.37. The van der Waals surface area contributed by atoms with Crippen molar-refractivity contribution in [2.24, 2.45) is 5.92 Å². The third kappa shape index (κ3) is 2.49. The van der Waals surface area contributed by atoms with Gasteiger partial charge in [-0.3, -0.25) is 4.79 Å². The number of nitrogens with zero attached hydrogens (tertiary/aromatic N) is 3. The highest BCUT2D eigenvalue weighted by Crippen LogP contribution is 2.50. The number of fused-ring (bicyclic) bond motifs is 2. The predicted molar refractivity (Wildman–Crippen MR) is 94.7 cm³/mol. The molecule has 7 heteroatoms. The number of para-hydroxylation sites is 1. The summed E-state index contributed by atoms with van der Waals surface area (Å²) in [6.07, 6.45) is 5.15. The summed E-state index contributed by atoms with van der Waals surface area (Å²) in [7, 11) is 0. The number of hydrogen-bond acceptors (Lipinski definition) is 5. The van der Waals surface area contributed by atoms with Crippen LogP contribution in [0.1, 0.15) is 36.6 Å². The number of rotatable bonds is 4. The molecule has 5 rings (SSSR count). The molecule has 1 saturated heterocycles. The van der Waals surface area contributed by atoms with E-state index in [-0.39, 0.29) is 23.9 Å². The fraction of sp³-hybridized carbons (Fsp3) is 0.526. The van der Waals surface area contributed by atoms with E-state index in [0.29, 0.717) is 12.5 Å². The van der Waals surface area contributed by atoms with Crippen LogP contribution in [0.25, 0.3) is 0 Å². The molecule has 0 radical (unpaired) electrons. The van der Waals surface area contributed by atoms with Crippen molar-refractivity contribution in [2.45, 2.75) is 37.3 Å². The molecule has 1 aliphatic carbocycles. The Kier molecular flexibility index (Phi) is 3.70. The monoisotopic (exact) mass is 353 g/mol. The molecule has 1 saturated carbocycles. The van der Waals surface area contributed by atoms with Gasteiger partial charge in [0.05, 0.1) is 18.3 Å². The van der Waals surface area contributed by atoms with Gasteiger partial charge in [-0.1, -0.05) is 23.4 Å². The predicted octanol–water partition coefficient (Wildman–Crippen LogP) is 1.17. The first kappa shape index (κ1) is 15.8. The fourth-order valence-electron chi connectivity index (χ4n) is 4.61. The summed E-state index contributed by atoms with van der Waals surface area (Å²) in [5, 5.41) is 15.2. The van der Waals surface area contributed by atoms with Gasteiger partial charge in [-0.2, -0.15) is 0 Å². The molecule has 1 amide bonds. The Bertz CT molecular complexity index is 835. The van der Waals surface area contributed by atoms with Crippen LogP contribution in [0, 0.1) is 5.92 Å². The highest BCUT2D eigenvalue weighted by atomic mass is 16.5. The molecule has 1 aromatic carbocycles. The van der Waals surface area contributed by atoms with Crippen LogP contribution >= 0.6 is 0 Å². The normalized spacial score (nSPS) is 29.2. The third-order valence-electron chi connectivity index (χ3n) is 6.20. The smallest absolute Gasteiger partial charge is 0.242 e. The molecule has 1 unspecified atom stereocenters. The summed E-state index contributed by atoms with van der Waals surface area (Å²) in [4.78, 5) is 12.5. The first-order chi connectivity index (χ1) is 12.7. The van der Waals surface area contributed by atoms with E-state index in [4.69, 9.17) is 4.74 Å². The van der Waals surface area contributed by atoms with Crippen molar-refractivity contribution in [1.29, 1.82) is 0 Å². The van der Waals surface area contributed by atoms with Gasteiger partial charge in [-0.15, -0.1) is 5.10 Å². The number of nitrogens with one attached hydrogen (secondary N) is 2. The van der Waals surface area contributed by atoms with Gasteiger partial charge in [0.25, 0.3) is 0 Å². The number of carbonyl (C=O) groups is 1. The van der Waals surface area contributed by atoms with Gasteiger partial charge in [0.15, 0.2) is 0 Å². The summed E-state index contributed by atoms with van der Waals surface area (Å²) >= 11 is 0. The molecule has 2 N–H and O–H groups in total. The van der Waals surface area contributed by atoms with Crippen LogP contribution in [0.5, 0.6) is 5.75 Å². The van der Waals surface area contributed by atoms with Crippen LogP contribution < -0.4 is 15.4 Å². The van der Waals surface area contributed by atoms with E-state index in [2.05, 4.69) is 20.9 Å². The molecular formula is C19H23N5O2. The molecule has 3 aliphatic rings. The van der Waals surface area contributed by atoms with Crippen molar-refractivity contribution in [2.75, 3.05) is 19.7 Å². The second-order valence-electron chi connectivity index (χ2n) is 7.62. The maximum atomic E-state index is 12.5. The quantitative estimate of drug-likeness (QED) is 0.862. The molecule has 26 heavy (non-hydrogen) atoms. The maximum absolute atomic E-state index is 12.5. The summed E-state index contributed by atoms with van der Waals surface area (Å²) in [5.41, 5.74) is 2.22. The lowest BCUT2D eigenvalue weighted by Gasteiger charge is -2.42. The average Bonchev–Trinajstić information content (AvgIpc) is 3.20. The Morgan fingerprint density at radius 2 is 2.31 bits per heavy atom. The van der Waals surface area contributed by atoms with Crippen molar-refractivity contribution >= 4 is 5.91 Å². The Morgan fingerprint density at radius 3 is 3.15 bits per heavy atom. The standard InChI is InChI=1S/C19H23N5O2/c25-18(21-15-6-8-26-16-4-2-1-3-14(15)16)11-24-10-17(22-23-24)19-7-5-13(19)9-20-12-19/h1-4,10,13,15,20H,5-9,11-12H2,(H,21,25)/t13-,15?,19-/m0/s1. The molecule has 1 aromatic heterocycles. The number of ether oxygens (including phenoxy) is 1. The fourth-order valence-corrected chi connectivity index (χ4v) is 4.61. The Labute approximate surface area is 152 Å². The van der Waals surface area contributed by atoms with Crippen LogP contribution in [0.3, 0.4) is 0 Å². The highest BCUT2D eigenvalue weighted by molar-refractivity contribution is 5.76. The Balaban J connectivity index is 1.26. The average molecular weight is 353 g/mol. The number of hydrogen-bond donors (Lipinski definition) is 2. The van der Waals surface area contributed by atoms with E-state index in [9.17, 15) is 4.79 Å². The van der Waals surface area contributed by atoms with E-state index < -0.39 is 0 Å². The van der Waals surface area contributed by atoms with Crippen molar-refractivity contribution in [3.05, 3.63) is 41.7 Å². The van der Waals surface area contributed by atoms with Gasteiger partial charge in [-0.25, -0.2) is 4.68 Å². The Morgan fingerprint density at radius 1 is 1.38 bits per heavy atom. The van der Waals surface area contributed by atoms with Crippen molar-refractivity contribution in [1.82, 2.24) is 25.6 Å². The van der Waals surface area contributed by atoms with Crippen LogP contribution in [0.2, 0.25) is 0 Å². The van der Waals surface area contributed by atoms with E-state index in [1.54, 1.807) is 4.68 Å². The van der Waals surface area contributed by atoms with Crippen LogP contribution in [-0.2, 0) is 16.8 Å². The lowest BCUT2D eigenvalue weighted by atomic mass is 9.60. The zero-order valence-corrected chi connectivity index (χ0v) is 14.6. The topological polar surface area (TPSA) is 81.1 Å². The van der Waals surface area contributed by atoms with Crippen molar-refractivity contribution in [3.63, 3.8) is 0 Å². The lowest BCUT2D eigenvalue weighted by molar-refractivity contribution is -0.122. The van der Waals surface area contributed by atoms with E-state index in [1.807, 2.05) is 30.5 Å². The SMILES string of the molecule is O=C(Cn1cc([C@]23CC[C@H]2CNC3)nn1)NC1CCOc2ccccc21. The van der Waals surface area contributed by atoms with Crippen LogP contribution in [-0.4, -0.2) is 40.6 Å². The van der Waals surface area contributed by atoms with E-state index >= 15 is 0 Å². The molecular weight excluding hydrogens is 330 g/mol. The minimum absolute atomic E-state index is 0.0101. The third-order valence-corrected chi connectivity index (χ3v) is 6.20. The maximum Gasteiger partial charge on any atom is 0.242 e. The van der Waals surface area contributed by atoms with Crippen LogP contribution in [0.15, 0.2) is 30.5 Å². The van der Waals surface area contributed by atoms with E-state index in [1.165, 1.54) is 6.42 Å². The molecule has 2 fully saturated rings.